The molecule has 9 heteroatoms. The maximum absolute atomic E-state index is 12.4. The number of carboxylic acids is 1. The van der Waals surface area contributed by atoms with E-state index >= 15 is 0 Å². The van der Waals surface area contributed by atoms with Gasteiger partial charge in [0, 0.05) is 20.0 Å². The molecule has 0 unspecified atom stereocenters. The lowest BCUT2D eigenvalue weighted by atomic mass is 9.80. The molecule has 1 amide bonds. The van der Waals surface area contributed by atoms with Gasteiger partial charge in [-0.05, 0) is 12.8 Å². The minimum Gasteiger partial charge on any atom is -0.479 e. The largest absolute Gasteiger partial charge is 0.479 e. The fourth-order valence-electron chi connectivity index (χ4n) is 3.02. The lowest BCUT2D eigenvalue weighted by Crippen LogP contribution is -2.56. The van der Waals surface area contributed by atoms with Crippen molar-refractivity contribution in [3.05, 3.63) is 22.5 Å². The fourth-order valence-corrected chi connectivity index (χ4v) is 3.02. The van der Waals surface area contributed by atoms with Gasteiger partial charge in [-0.2, -0.15) is 5.10 Å². The Morgan fingerprint density at radius 3 is 2.61 bits per heavy atom. The molecule has 2 rings (SSSR count). The number of aromatic nitrogens is 2. The van der Waals surface area contributed by atoms with Crippen LogP contribution in [-0.4, -0.2) is 49.2 Å². The van der Waals surface area contributed by atoms with E-state index in [1.165, 1.54) is 22.8 Å². The summed E-state index contributed by atoms with van der Waals surface area (Å²) in [6.07, 6.45) is 5.88. The molecule has 1 fully saturated rings. The summed E-state index contributed by atoms with van der Waals surface area (Å²) in [5.41, 5.74) is -1.27. The molecule has 0 aliphatic heterocycles. The van der Waals surface area contributed by atoms with Gasteiger partial charge in [0.1, 0.15) is 17.9 Å². The fraction of sp³-hybridized carbons (Fsp3) is 0.643. The second-order valence-electron chi connectivity index (χ2n) is 5.82. The van der Waals surface area contributed by atoms with E-state index < -0.39 is 16.4 Å². The number of nitrogens with zero attached hydrogens (tertiary/aromatic N) is 4. The first-order valence-electron chi connectivity index (χ1n) is 7.54. The van der Waals surface area contributed by atoms with Crippen molar-refractivity contribution in [1.29, 1.82) is 0 Å². The van der Waals surface area contributed by atoms with Crippen LogP contribution in [0.1, 0.15) is 38.5 Å². The number of carbonyl (C=O) groups is 2. The van der Waals surface area contributed by atoms with Crippen molar-refractivity contribution in [3.63, 3.8) is 0 Å². The summed E-state index contributed by atoms with van der Waals surface area (Å²) in [6, 6.07) is 0. The van der Waals surface area contributed by atoms with Crippen LogP contribution >= 0.6 is 0 Å². The second-order valence-corrected chi connectivity index (χ2v) is 5.82. The highest BCUT2D eigenvalue weighted by Crippen LogP contribution is 2.33. The highest BCUT2D eigenvalue weighted by Gasteiger charge is 2.45. The number of rotatable bonds is 6. The lowest BCUT2D eigenvalue weighted by molar-refractivity contribution is -0.385. The van der Waals surface area contributed by atoms with E-state index in [1.807, 2.05) is 0 Å². The zero-order chi connectivity index (χ0) is 17.0. The van der Waals surface area contributed by atoms with E-state index in [2.05, 4.69) is 5.10 Å². The summed E-state index contributed by atoms with van der Waals surface area (Å²) in [5, 5.41) is 24.0. The number of aliphatic carboxylic acids is 1. The van der Waals surface area contributed by atoms with E-state index in [0.29, 0.717) is 12.8 Å². The molecule has 126 valence electrons. The Bertz CT molecular complexity index is 606. The van der Waals surface area contributed by atoms with Gasteiger partial charge in [0.15, 0.2) is 0 Å². The SMILES string of the molecule is CN(C(=O)CCn1cc([N+](=O)[O-])cn1)C1(C(=O)O)CCCCC1. The van der Waals surface area contributed by atoms with Gasteiger partial charge < -0.3 is 10.0 Å². The van der Waals surface area contributed by atoms with Crippen LogP contribution in [0.25, 0.3) is 0 Å². The van der Waals surface area contributed by atoms with Crippen molar-refractivity contribution in [2.45, 2.75) is 50.6 Å². The van der Waals surface area contributed by atoms with Crippen LogP contribution in [-0.2, 0) is 16.1 Å². The minimum atomic E-state index is -1.13. The third-order valence-electron chi connectivity index (χ3n) is 4.48. The highest BCUT2D eigenvalue weighted by molar-refractivity contribution is 5.87. The number of hydrogen-bond donors (Lipinski definition) is 1. The molecule has 1 aromatic heterocycles. The lowest BCUT2D eigenvalue weighted by Gasteiger charge is -2.41. The molecule has 1 saturated carbocycles. The van der Waals surface area contributed by atoms with E-state index in [-0.39, 0.29) is 24.6 Å². The maximum Gasteiger partial charge on any atom is 0.329 e. The molecular weight excluding hydrogens is 304 g/mol. The number of carbonyl (C=O) groups excluding carboxylic acids is 1. The molecule has 0 aromatic carbocycles. The van der Waals surface area contributed by atoms with Gasteiger partial charge in [-0.25, -0.2) is 4.79 Å². The number of hydrogen-bond acceptors (Lipinski definition) is 5. The van der Waals surface area contributed by atoms with Crippen LogP contribution in [0.2, 0.25) is 0 Å². The summed E-state index contributed by atoms with van der Waals surface area (Å²) in [5.74, 6) is -1.27. The topological polar surface area (TPSA) is 119 Å². The van der Waals surface area contributed by atoms with Gasteiger partial charge in [-0.3, -0.25) is 19.6 Å². The Hall–Kier alpha value is -2.45. The molecule has 1 N–H and O–H groups in total. The Kier molecular flexibility index (Phi) is 4.97. The number of amides is 1. The summed E-state index contributed by atoms with van der Waals surface area (Å²) in [4.78, 5) is 35.4. The predicted octanol–water partition coefficient (Wildman–Crippen LogP) is 1.43. The standard InChI is InChI=1S/C14H20N4O5/c1-16(14(13(20)21)6-3-2-4-7-14)12(19)5-8-17-10-11(9-15-17)18(22)23/h9-10H,2-8H2,1H3,(H,20,21). The molecule has 1 heterocycles. The quantitative estimate of drug-likeness (QED) is 0.624. The normalized spacial score (nSPS) is 16.7. The van der Waals surface area contributed by atoms with Crippen molar-refractivity contribution in [3.8, 4) is 0 Å². The molecule has 1 aliphatic carbocycles. The Balaban J connectivity index is 2.00. The number of likely N-dealkylation sites (N-methyl/N-ethyl adjacent to an activating group) is 1. The van der Waals surface area contributed by atoms with E-state index in [0.717, 1.165) is 25.5 Å². The van der Waals surface area contributed by atoms with Gasteiger partial charge in [0.25, 0.3) is 0 Å². The van der Waals surface area contributed by atoms with Crippen LogP contribution in [0.5, 0.6) is 0 Å². The summed E-state index contributed by atoms with van der Waals surface area (Å²) in [7, 11) is 1.52. The van der Waals surface area contributed by atoms with Crippen LogP contribution in [0, 0.1) is 10.1 Å². The van der Waals surface area contributed by atoms with E-state index in [9.17, 15) is 24.8 Å². The average molecular weight is 324 g/mol. The van der Waals surface area contributed by atoms with Crippen LogP contribution in [0.15, 0.2) is 12.4 Å². The zero-order valence-corrected chi connectivity index (χ0v) is 13.0. The highest BCUT2D eigenvalue weighted by atomic mass is 16.6. The van der Waals surface area contributed by atoms with Crippen molar-refractivity contribution >= 4 is 17.6 Å². The molecule has 0 radical (unpaired) electrons. The molecule has 1 aromatic rings. The monoisotopic (exact) mass is 324 g/mol. The van der Waals surface area contributed by atoms with Gasteiger partial charge >= 0.3 is 11.7 Å². The first-order valence-corrected chi connectivity index (χ1v) is 7.54. The van der Waals surface area contributed by atoms with Gasteiger partial charge in [-0.1, -0.05) is 19.3 Å². The predicted molar refractivity (Wildman–Crippen MR) is 79.7 cm³/mol. The Morgan fingerprint density at radius 2 is 2.09 bits per heavy atom. The maximum atomic E-state index is 12.4. The van der Waals surface area contributed by atoms with Gasteiger partial charge in [-0.15, -0.1) is 0 Å². The molecule has 9 nitrogen and oxygen atoms in total. The molecule has 0 bridgehead atoms. The summed E-state index contributed by atoms with van der Waals surface area (Å²) in [6.45, 7) is 0.173. The average Bonchev–Trinajstić information content (AvgIpc) is 3.01. The van der Waals surface area contributed by atoms with Gasteiger partial charge in [0.05, 0.1) is 4.92 Å². The van der Waals surface area contributed by atoms with Crippen molar-refractivity contribution < 1.29 is 19.6 Å². The Morgan fingerprint density at radius 1 is 1.43 bits per heavy atom. The Labute approximate surface area is 133 Å². The van der Waals surface area contributed by atoms with E-state index in [1.54, 1.807) is 0 Å². The van der Waals surface area contributed by atoms with Crippen molar-refractivity contribution in [1.82, 2.24) is 14.7 Å². The summed E-state index contributed by atoms with van der Waals surface area (Å²) < 4.78 is 1.32. The second kappa shape index (κ2) is 6.76. The first kappa shape index (κ1) is 16.9. The zero-order valence-electron chi connectivity index (χ0n) is 13.0. The minimum absolute atomic E-state index is 0.0460. The van der Waals surface area contributed by atoms with Crippen LogP contribution < -0.4 is 0 Å². The molecule has 1 aliphatic rings. The van der Waals surface area contributed by atoms with Crippen LogP contribution in [0.3, 0.4) is 0 Å². The van der Waals surface area contributed by atoms with Gasteiger partial charge in [0.2, 0.25) is 5.91 Å². The van der Waals surface area contributed by atoms with Crippen molar-refractivity contribution in [2.24, 2.45) is 0 Å². The first-order chi connectivity index (χ1) is 10.9. The molecule has 23 heavy (non-hydrogen) atoms. The molecule has 0 atom stereocenters. The molecule has 0 saturated heterocycles. The van der Waals surface area contributed by atoms with Crippen molar-refractivity contribution in [2.75, 3.05) is 7.05 Å². The summed E-state index contributed by atoms with van der Waals surface area (Å²) >= 11 is 0. The number of nitro groups is 1. The van der Waals surface area contributed by atoms with E-state index in [4.69, 9.17) is 0 Å². The number of aryl methyl sites for hydroxylation is 1. The van der Waals surface area contributed by atoms with Crippen LogP contribution in [0.4, 0.5) is 5.69 Å². The molecular formula is C14H20N4O5. The molecule has 0 spiro atoms. The number of carboxylic acid groups (broad SMARTS) is 1. The third kappa shape index (κ3) is 3.49. The smallest absolute Gasteiger partial charge is 0.329 e. The third-order valence-corrected chi connectivity index (χ3v) is 4.48.